The Morgan fingerprint density at radius 2 is 1.78 bits per heavy atom. The third kappa shape index (κ3) is 5.27. The van der Waals surface area contributed by atoms with Gasteiger partial charge in [-0.1, -0.05) is 24.3 Å². The first-order valence-corrected chi connectivity index (χ1v) is 8.09. The Morgan fingerprint density at radius 3 is 2.41 bits per heavy atom. The molecule has 0 saturated carbocycles. The van der Waals surface area contributed by atoms with Crippen LogP contribution in [-0.4, -0.2) is 42.7 Å². The highest BCUT2D eigenvalue weighted by atomic mass is 19.1. The van der Waals surface area contributed by atoms with Crippen molar-refractivity contribution >= 4 is 23.5 Å². The Hall–Kier alpha value is -3.42. The number of carboxylic acids is 1. The van der Waals surface area contributed by atoms with E-state index in [0.717, 1.165) is 11.0 Å². The van der Waals surface area contributed by atoms with Gasteiger partial charge < -0.3 is 14.6 Å². The van der Waals surface area contributed by atoms with Crippen LogP contribution in [0.25, 0.3) is 0 Å². The molecule has 0 saturated heterocycles. The fraction of sp³-hybridized carbons (Fsp3) is 0.211. The number of esters is 1. The Bertz CT molecular complexity index is 824. The van der Waals surface area contributed by atoms with Gasteiger partial charge in [0.25, 0.3) is 5.91 Å². The van der Waals surface area contributed by atoms with Gasteiger partial charge in [-0.2, -0.15) is 0 Å². The van der Waals surface area contributed by atoms with Gasteiger partial charge >= 0.3 is 11.9 Å². The summed E-state index contributed by atoms with van der Waals surface area (Å²) in [6.07, 6.45) is 0. The lowest BCUT2D eigenvalue weighted by atomic mass is 10.2. The molecule has 1 N–H and O–H groups in total. The molecular weight excluding hydrogens is 357 g/mol. The summed E-state index contributed by atoms with van der Waals surface area (Å²) in [6.45, 7) is 0.781. The maximum atomic E-state index is 13.9. The van der Waals surface area contributed by atoms with E-state index in [9.17, 15) is 18.8 Å². The number of carbonyl (C=O) groups excluding carboxylic acids is 2. The van der Waals surface area contributed by atoms with E-state index in [4.69, 9.17) is 14.6 Å². The maximum absolute atomic E-state index is 13.9. The lowest BCUT2D eigenvalue weighted by Gasteiger charge is -2.22. The molecule has 0 unspecified atom stereocenters. The van der Waals surface area contributed by atoms with Crippen LogP contribution in [0.4, 0.5) is 10.1 Å². The van der Waals surface area contributed by atoms with Crippen molar-refractivity contribution in [1.29, 1.82) is 0 Å². The monoisotopic (exact) mass is 375 g/mol. The van der Waals surface area contributed by atoms with Crippen LogP contribution in [-0.2, 0) is 14.3 Å². The van der Waals surface area contributed by atoms with E-state index in [-0.39, 0.29) is 13.2 Å². The number of hydrogen-bond acceptors (Lipinski definition) is 5. The molecule has 0 atom stereocenters. The normalized spacial score (nSPS) is 10.1. The molecule has 2 aromatic carbocycles. The molecule has 2 rings (SSSR count). The predicted molar refractivity (Wildman–Crippen MR) is 94.3 cm³/mol. The number of carbonyl (C=O) groups is 3. The Labute approximate surface area is 154 Å². The highest BCUT2D eigenvalue weighted by Crippen LogP contribution is 2.23. The number of rotatable bonds is 8. The first-order valence-electron chi connectivity index (χ1n) is 8.09. The summed E-state index contributed by atoms with van der Waals surface area (Å²) in [4.78, 5) is 36.7. The van der Waals surface area contributed by atoms with Crippen LogP contribution in [0, 0.1) is 5.82 Å². The van der Waals surface area contributed by atoms with Crippen molar-refractivity contribution in [3.05, 3.63) is 59.9 Å². The number of para-hydroxylation sites is 2. The number of anilines is 1. The summed E-state index contributed by atoms with van der Waals surface area (Å²) < 4.78 is 23.9. The predicted octanol–water partition coefficient (Wildman–Crippen LogP) is 2.50. The summed E-state index contributed by atoms with van der Waals surface area (Å²) in [5.41, 5.74) is 0.0191. The van der Waals surface area contributed by atoms with Crippen molar-refractivity contribution in [2.75, 3.05) is 24.7 Å². The fourth-order valence-electron chi connectivity index (χ4n) is 2.30. The van der Waals surface area contributed by atoms with Gasteiger partial charge in [-0.15, -0.1) is 0 Å². The highest BCUT2D eigenvalue weighted by Gasteiger charge is 2.22. The molecule has 0 radical (unpaired) electrons. The van der Waals surface area contributed by atoms with Gasteiger partial charge in [-0.25, -0.2) is 9.18 Å². The smallest absolute Gasteiger partial charge is 0.339 e. The first-order chi connectivity index (χ1) is 12.9. The number of nitrogens with zero attached hydrogens (tertiary/aromatic N) is 1. The largest absolute Gasteiger partial charge is 0.480 e. The maximum Gasteiger partial charge on any atom is 0.339 e. The van der Waals surface area contributed by atoms with E-state index in [1.807, 2.05) is 0 Å². The fourth-order valence-corrected chi connectivity index (χ4v) is 2.30. The van der Waals surface area contributed by atoms with Crippen molar-refractivity contribution in [2.45, 2.75) is 6.92 Å². The number of amides is 1. The second kappa shape index (κ2) is 9.33. The second-order valence-electron chi connectivity index (χ2n) is 5.33. The number of benzene rings is 2. The van der Waals surface area contributed by atoms with E-state index < -0.39 is 41.6 Å². The summed E-state index contributed by atoms with van der Waals surface area (Å²) in [5.74, 6) is -4.11. The van der Waals surface area contributed by atoms with Crippen LogP contribution < -0.4 is 9.64 Å². The molecule has 0 fully saturated rings. The van der Waals surface area contributed by atoms with Gasteiger partial charge in [-0.05, 0) is 31.2 Å². The molecule has 0 heterocycles. The first kappa shape index (κ1) is 19.9. The zero-order valence-corrected chi connectivity index (χ0v) is 14.6. The van der Waals surface area contributed by atoms with Crippen molar-refractivity contribution in [2.24, 2.45) is 0 Å². The number of ether oxygens (including phenoxy) is 2. The molecule has 0 aliphatic heterocycles. The average molecular weight is 375 g/mol. The van der Waals surface area contributed by atoms with Crippen molar-refractivity contribution in [3.8, 4) is 5.75 Å². The third-order valence-electron chi connectivity index (χ3n) is 3.50. The Kier molecular flexibility index (Phi) is 6.87. The van der Waals surface area contributed by atoms with Crippen LogP contribution in [0.5, 0.6) is 5.75 Å². The lowest BCUT2D eigenvalue weighted by Crippen LogP contribution is -2.39. The van der Waals surface area contributed by atoms with E-state index in [0.29, 0.717) is 5.69 Å². The van der Waals surface area contributed by atoms with Crippen molar-refractivity contribution in [3.63, 3.8) is 0 Å². The number of halogens is 1. The molecule has 1 amide bonds. The SMILES string of the molecule is CCOC(=O)CN(C(=O)COc1c(F)cccc1C(=O)O)c1ccccc1. The second-order valence-corrected chi connectivity index (χ2v) is 5.33. The van der Waals surface area contributed by atoms with Gasteiger partial charge in [-0.3, -0.25) is 14.5 Å². The summed E-state index contributed by atoms with van der Waals surface area (Å²) in [5, 5.41) is 9.12. The van der Waals surface area contributed by atoms with Crippen LogP contribution in [0.2, 0.25) is 0 Å². The van der Waals surface area contributed by atoms with Crippen molar-refractivity contribution < 1.29 is 33.4 Å². The van der Waals surface area contributed by atoms with Gasteiger partial charge in [0.15, 0.2) is 18.2 Å². The van der Waals surface area contributed by atoms with E-state index in [1.165, 1.54) is 12.1 Å². The molecule has 0 spiro atoms. The van der Waals surface area contributed by atoms with Crippen LogP contribution >= 0.6 is 0 Å². The molecule has 0 bridgehead atoms. The topological polar surface area (TPSA) is 93.1 Å². The minimum Gasteiger partial charge on any atom is -0.480 e. The molecule has 0 aliphatic rings. The van der Waals surface area contributed by atoms with Crippen LogP contribution in [0.1, 0.15) is 17.3 Å². The van der Waals surface area contributed by atoms with Gasteiger partial charge in [0.2, 0.25) is 0 Å². The standard InChI is InChI=1S/C19H18FNO6/c1-2-26-17(23)11-21(13-7-4-3-5-8-13)16(22)12-27-18-14(19(24)25)9-6-10-15(18)20/h3-10H,2,11-12H2,1H3,(H,24,25). The van der Waals surface area contributed by atoms with Crippen LogP contribution in [0.15, 0.2) is 48.5 Å². The van der Waals surface area contributed by atoms with Crippen LogP contribution in [0.3, 0.4) is 0 Å². The number of aromatic carboxylic acids is 1. The molecule has 2 aromatic rings. The van der Waals surface area contributed by atoms with Gasteiger partial charge in [0.05, 0.1) is 6.61 Å². The van der Waals surface area contributed by atoms with Crippen molar-refractivity contribution in [1.82, 2.24) is 0 Å². The molecule has 8 heteroatoms. The molecule has 27 heavy (non-hydrogen) atoms. The summed E-state index contributed by atoms with van der Waals surface area (Å²) >= 11 is 0. The number of hydrogen-bond donors (Lipinski definition) is 1. The highest BCUT2D eigenvalue weighted by molar-refractivity contribution is 5.98. The average Bonchev–Trinajstić information content (AvgIpc) is 2.65. The Morgan fingerprint density at radius 1 is 1.07 bits per heavy atom. The van der Waals surface area contributed by atoms with E-state index in [2.05, 4.69) is 0 Å². The van der Waals surface area contributed by atoms with E-state index >= 15 is 0 Å². The molecule has 7 nitrogen and oxygen atoms in total. The summed E-state index contributed by atoms with van der Waals surface area (Å²) in [7, 11) is 0. The molecule has 0 aliphatic carbocycles. The summed E-state index contributed by atoms with van der Waals surface area (Å²) in [6, 6.07) is 11.8. The molecular formula is C19H18FNO6. The zero-order chi connectivity index (χ0) is 19.8. The minimum absolute atomic E-state index is 0.156. The quantitative estimate of drug-likeness (QED) is 0.713. The zero-order valence-electron chi connectivity index (χ0n) is 14.6. The van der Waals surface area contributed by atoms with E-state index in [1.54, 1.807) is 37.3 Å². The van der Waals surface area contributed by atoms with Gasteiger partial charge in [0, 0.05) is 5.69 Å². The minimum atomic E-state index is -1.39. The third-order valence-corrected chi connectivity index (χ3v) is 3.50. The molecule has 142 valence electrons. The lowest BCUT2D eigenvalue weighted by molar-refractivity contribution is -0.142. The Balaban J connectivity index is 2.19. The molecule has 0 aromatic heterocycles. The number of carboxylic acid groups (broad SMARTS) is 1. The van der Waals surface area contributed by atoms with Gasteiger partial charge in [0.1, 0.15) is 12.1 Å².